The summed E-state index contributed by atoms with van der Waals surface area (Å²) >= 11 is 7.57. The number of thiazole rings is 1. The van der Waals surface area contributed by atoms with Crippen LogP contribution in [0.1, 0.15) is 23.3 Å². The van der Waals surface area contributed by atoms with E-state index in [1.54, 1.807) is 36.5 Å². The van der Waals surface area contributed by atoms with Crippen molar-refractivity contribution >= 4 is 44.0 Å². The second-order valence-electron chi connectivity index (χ2n) is 6.98. The number of sulfonamides is 1. The number of nitrogens with one attached hydrogen (secondary N) is 1. The first-order chi connectivity index (χ1) is 14.4. The Morgan fingerprint density at radius 2 is 1.90 bits per heavy atom. The Kier molecular flexibility index (Phi) is 6.19. The standard InChI is InChI=1S/C21H20ClN3O3S2/c22-18-10-5-4-7-15(18)13-16-14-23-21(29-16)24-20(26)19-11-6-12-25(19)30(27,28)17-8-2-1-3-9-17/h1-5,7-10,14,19H,6,11-13H2,(H,23,24,26). The Hall–Kier alpha value is -2.26. The summed E-state index contributed by atoms with van der Waals surface area (Å²) in [4.78, 5) is 18.3. The molecule has 6 nitrogen and oxygen atoms in total. The minimum atomic E-state index is -3.72. The first-order valence-corrected chi connectivity index (χ1v) is 12.1. The minimum absolute atomic E-state index is 0.195. The second kappa shape index (κ2) is 8.85. The van der Waals surface area contributed by atoms with E-state index in [-0.39, 0.29) is 10.8 Å². The molecule has 1 atom stereocenters. The van der Waals surface area contributed by atoms with Crippen molar-refractivity contribution in [2.24, 2.45) is 0 Å². The predicted molar refractivity (Wildman–Crippen MR) is 118 cm³/mol. The quantitative estimate of drug-likeness (QED) is 0.597. The SMILES string of the molecule is O=C(Nc1ncc(Cc2ccccc2Cl)s1)C1CCCN1S(=O)(=O)c1ccccc1. The van der Waals surface area contributed by atoms with Gasteiger partial charge in [-0.1, -0.05) is 48.0 Å². The molecule has 4 rings (SSSR count). The number of anilines is 1. The van der Waals surface area contributed by atoms with E-state index in [4.69, 9.17) is 11.6 Å². The molecule has 2 aromatic carbocycles. The molecule has 1 aromatic heterocycles. The topological polar surface area (TPSA) is 79.4 Å². The summed E-state index contributed by atoms with van der Waals surface area (Å²) in [7, 11) is -3.72. The first kappa shape index (κ1) is 21.0. The van der Waals surface area contributed by atoms with Crippen molar-refractivity contribution in [3.63, 3.8) is 0 Å². The average Bonchev–Trinajstić information content (AvgIpc) is 3.40. The van der Waals surface area contributed by atoms with Gasteiger partial charge in [0.25, 0.3) is 0 Å². The Labute approximate surface area is 184 Å². The number of aromatic nitrogens is 1. The van der Waals surface area contributed by atoms with E-state index < -0.39 is 16.1 Å². The molecule has 30 heavy (non-hydrogen) atoms. The molecule has 3 aromatic rings. The summed E-state index contributed by atoms with van der Waals surface area (Å²) in [6, 6.07) is 15.0. The maximum atomic E-state index is 13.0. The van der Waals surface area contributed by atoms with Crippen LogP contribution in [0.2, 0.25) is 5.02 Å². The van der Waals surface area contributed by atoms with Crippen LogP contribution in [0.15, 0.2) is 65.7 Å². The molecule has 9 heteroatoms. The van der Waals surface area contributed by atoms with Gasteiger partial charge in [-0.2, -0.15) is 4.31 Å². The summed E-state index contributed by atoms with van der Waals surface area (Å²) < 4.78 is 27.2. The molecular weight excluding hydrogens is 442 g/mol. The lowest BCUT2D eigenvalue weighted by molar-refractivity contribution is -0.119. The molecule has 1 N–H and O–H groups in total. The zero-order chi connectivity index (χ0) is 21.1. The number of benzene rings is 2. The molecule has 156 valence electrons. The van der Waals surface area contributed by atoms with Gasteiger partial charge in [0.1, 0.15) is 6.04 Å². The van der Waals surface area contributed by atoms with Gasteiger partial charge in [0.2, 0.25) is 15.9 Å². The van der Waals surface area contributed by atoms with Crippen molar-refractivity contribution < 1.29 is 13.2 Å². The molecule has 0 aliphatic carbocycles. The van der Waals surface area contributed by atoms with E-state index in [0.717, 1.165) is 10.4 Å². The van der Waals surface area contributed by atoms with Crippen LogP contribution in [0, 0.1) is 0 Å². The number of nitrogens with zero attached hydrogens (tertiary/aromatic N) is 2. The third-order valence-electron chi connectivity index (χ3n) is 4.96. The second-order valence-corrected chi connectivity index (χ2v) is 10.4. The van der Waals surface area contributed by atoms with Gasteiger partial charge in [-0.15, -0.1) is 11.3 Å². The largest absolute Gasteiger partial charge is 0.301 e. The van der Waals surface area contributed by atoms with Crippen LogP contribution in [0.25, 0.3) is 0 Å². The van der Waals surface area contributed by atoms with E-state index in [2.05, 4.69) is 10.3 Å². The lowest BCUT2D eigenvalue weighted by Crippen LogP contribution is -2.43. The van der Waals surface area contributed by atoms with Crippen LogP contribution in [0.4, 0.5) is 5.13 Å². The maximum Gasteiger partial charge on any atom is 0.244 e. The van der Waals surface area contributed by atoms with Crippen molar-refractivity contribution in [2.75, 3.05) is 11.9 Å². The van der Waals surface area contributed by atoms with Gasteiger partial charge in [0.15, 0.2) is 5.13 Å². The van der Waals surface area contributed by atoms with Gasteiger partial charge in [-0.3, -0.25) is 4.79 Å². The van der Waals surface area contributed by atoms with E-state index in [0.29, 0.717) is 36.0 Å². The van der Waals surface area contributed by atoms with Crippen LogP contribution < -0.4 is 5.32 Å². The summed E-state index contributed by atoms with van der Waals surface area (Å²) in [5.41, 5.74) is 0.983. The number of carbonyl (C=O) groups excluding carboxylic acids is 1. The third kappa shape index (κ3) is 4.41. The van der Waals surface area contributed by atoms with Crippen LogP contribution >= 0.6 is 22.9 Å². The molecule has 0 saturated carbocycles. The van der Waals surface area contributed by atoms with Crippen molar-refractivity contribution in [2.45, 2.75) is 30.2 Å². The number of amides is 1. The Balaban J connectivity index is 1.46. The summed E-state index contributed by atoms with van der Waals surface area (Å²) in [6.45, 7) is 0.324. The molecular formula is C21H20ClN3O3S2. The van der Waals surface area contributed by atoms with Crippen molar-refractivity contribution in [3.05, 3.63) is 76.3 Å². The summed E-state index contributed by atoms with van der Waals surface area (Å²) in [6.07, 6.45) is 3.44. The average molecular weight is 462 g/mol. The van der Waals surface area contributed by atoms with Crippen molar-refractivity contribution in [1.82, 2.24) is 9.29 Å². The van der Waals surface area contributed by atoms with E-state index in [1.807, 2.05) is 24.3 Å². The fraction of sp³-hybridized carbons (Fsp3) is 0.238. The fourth-order valence-electron chi connectivity index (χ4n) is 3.48. The number of rotatable bonds is 6. The van der Waals surface area contributed by atoms with E-state index in [9.17, 15) is 13.2 Å². The summed E-state index contributed by atoms with van der Waals surface area (Å²) in [5, 5.41) is 3.92. The number of hydrogen-bond acceptors (Lipinski definition) is 5. The van der Waals surface area contributed by atoms with Gasteiger partial charge in [0.05, 0.1) is 4.90 Å². The van der Waals surface area contributed by atoms with E-state index >= 15 is 0 Å². The molecule has 0 radical (unpaired) electrons. The highest BCUT2D eigenvalue weighted by atomic mass is 35.5. The highest BCUT2D eigenvalue weighted by Crippen LogP contribution is 2.28. The smallest absolute Gasteiger partial charge is 0.244 e. The normalized spacial score (nSPS) is 17.2. The number of hydrogen-bond donors (Lipinski definition) is 1. The molecule has 1 aliphatic heterocycles. The van der Waals surface area contributed by atoms with Gasteiger partial charge in [0, 0.05) is 29.1 Å². The highest BCUT2D eigenvalue weighted by molar-refractivity contribution is 7.89. The number of halogens is 1. The van der Waals surface area contributed by atoms with Gasteiger partial charge in [-0.05, 0) is 36.6 Å². The molecule has 0 bridgehead atoms. The Morgan fingerprint density at radius 3 is 2.67 bits per heavy atom. The van der Waals surface area contributed by atoms with Crippen molar-refractivity contribution in [3.8, 4) is 0 Å². The zero-order valence-electron chi connectivity index (χ0n) is 16.0. The highest BCUT2D eigenvalue weighted by Gasteiger charge is 2.39. The van der Waals surface area contributed by atoms with Gasteiger partial charge >= 0.3 is 0 Å². The van der Waals surface area contributed by atoms with Crippen LogP contribution in [0.3, 0.4) is 0 Å². The molecule has 2 heterocycles. The van der Waals surface area contributed by atoms with Crippen LogP contribution in [-0.2, 0) is 21.2 Å². The van der Waals surface area contributed by atoms with Crippen LogP contribution in [-0.4, -0.2) is 36.2 Å². The van der Waals surface area contributed by atoms with E-state index in [1.165, 1.54) is 15.6 Å². The van der Waals surface area contributed by atoms with Gasteiger partial charge < -0.3 is 5.32 Å². The minimum Gasteiger partial charge on any atom is -0.301 e. The molecule has 1 fully saturated rings. The van der Waals surface area contributed by atoms with Crippen molar-refractivity contribution in [1.29, 1.82) is 0 Å². The van der Waals surface area contributed by atoms with Crippen LogP contribution in [0.5, 0.6) is 0 Å². The molecule has 1 unspecified atom stereocenters. The monoisotopic (exact) mass is 461 g/mol. The Morgan fingerprint density at radius 1 is 1.17 bits per heavy atom. The number of carbonyl (C=O) groups is 1. The Bertz CT molecular complexity index is 1150. The zero-order valence-corrected chi connectivity index (χ0v) is 18.4. The molecule has 1 amide bonds. The first-order valence-electron chi connectivity index (χ1n) is 9.51. The fourth-order valence-corrected chi connectivity index (χ4v) is 6.20. The third-order valence-corrected chi connectivity index (χ3v) is 8.17. The predicted octanol–water partition coefficient (Wildman–Crippen LogP) is 4.18. The lowest BCUT2D eigenvalue weighted by atomic mass is 10.1. The van der Waals surface area contributed by atoms with Gasteiger partial charge in [-0.25, -0.2) is 13.4 Å². The lowest BCUT2D eigenvalue weighted by Gasteiger charge is -2.23. The maximum absolute atomic E-state index is 13.0. The summed E-state index contributed by atoms with van der Waals surface area (Å²) in [5.74, 6) is -0.356. The molecule has 0 spiro atoms. The molecule has 1 aliphatic rings. The molecule has 1 saturated heterocycles.